The molecule has 6 nitrogen and oxygen atoms in total. The van der Waals surface area contributed by atoms with Crippen LogP contribution in [0.25, 0.3) is 0 Å². The van der Waals surface area contributed by atoms with Crippen molar-refractivity contribution >= 4 is 23.5 Å². The minimum absolute atomic E-state index is 0.0360. The normalized spacial score (nSPS) is 24.4. The van der Waals surface area contributed by atoms with Gasteiger partial charge in [0.2, 0.25) is 0 Å². The van der Waals surface area contributed by atoms with Crippen molar-refractivity contribution in [2.75, 3.05) is 11.9 Å². The van der Waals surface area contributed by atoms with E-state index in [2.05, 4.69) is 23.5 Å². The lowest BCUT2D eigenvalue weighted by atomic mass is 10.0. The van der Waals surface area contributed by atoms with Gasteiger partial charge in [-0.15, -0.1) is 12.3 Å². The van der Waals surface area contributed by atoms with E-state index in [1.807, 2.05) is 12.1 Å². The van der Waals surface area contributed by atoms with E-state index in [1.54, 1.807) is 12.1 Å². The van der Waals surface area contributed by atoms with Gasteiger partial charge in [0.25, 0.3) is 0 Å². The van der Waals surface area contributed by atoms with Crippen LogP contribution in [0.1, 0.15) is 45.4 Å². The first kappa shape index (κ1) is 22.6. The molecule has 2 rings (SSSR count). The van der Waals surface area contributed by atoms with Crippen LogP contribution in [0.15, 0.2) is 29.2 Å². The van der Waals surface area contributed by atoms with Gasteiger partial charge in [0, 0.05) is 30.0 Å². The molecule has 28 heavy (non-hydrogen) atoms. The number of carbonyl (C=O) groups excluding carboxylic acids is 1. The van der Waals surface area contributed by atoms with Gasteiger partial charge in [-0.25, -0.2) is 4.79 Å². The third-order valence-corrected chi connectivity index (χ3v) is 5.68. The molecule has 4 unspecified atom stereocenters. The van der Waals surface area contributed by atoms with E-state index in [0.29, 0.717) is 18.7 Å². The van der Waals surface area contributed by atoms with Crippen molar-refractivity contribution in [3.8, 4) is 12.3 Å². The highest BCUT2D eigenvalue weighted by Crippen LogP contribution is 2.34. The predicted octanol–water partition coefficient (Wildman–Crippen LogP) is 3.34. The fourth-order valence-corrected chi connectivity index (χ4v) is 4.10. The van der Waals surface area contributed by atoms with Gasteiger partial charge in [-0.2, -0.15) is 0 Å². The number of benzene rings is 1. The van der Waals surface area contributed by atoms with Crippen molar-refractivity contribution in [1.29, 1.82) is 0 Å². The van der Waals surface area contributed by atoms with E-state index >= 15 is 0 Å². The van der Waals surface area contributed by atoms with Crippen LogP contribution < -0.4 is 10.6 Å². The van der Waals surface area contributed by atoms with Crippen molar-refractivity contribution < 1.29 is 19.7 Å². The van der Waals surface area contributed by atoms with Crippen molar-refractivity contribution in [2.24, 2.45) is 0 Å². The van der Waals surface area contributed by atoms with Crippen LogP contribution in [-0.4, -0.2) is 46.5 Å². The second-order valence-electron chi connectivity index (χ2n) is 6.89. The number of terminal acetylenes is 1. The number of aliphatic hydroxyl groups is 2. The quantitative estimate of drug-likeness (QED) is 0.373. The molecule has 2 amide bonds. The Labute approximate surface area is 171 Å². The smallest absolute Gasteiger partial charge is 0.319 e. The summed E-state index contributed by atoms with van der Waals surface area (Å²) in [6.45, 7) is 2.65. The number of nitrogens with one attached hydrogen (secondary N) is 2. The first-order chi connectivity index (χ1) is 13.5. The molecule has 0 bridgehead atoms. The second kappa shape index (κ2) is 12.0. The van der Waals surface area contributed by atoms with Gasteiger partial charge >= 0.3 is 6.03 Å². The second-order valence-corrected chi connectivity index (χ2v) is 8.06. The van der Waals surface area contributed by atoms with Crippen LogP contribution in [0.3, 0.4) is 0 Å². The van der Waals surface area contributed by atoms with E-state index in [0.717, 1.165) is 37.0 Å². The zero-order valence-electron chi connectivity index (χ0n) is 16.3. The van der Waals surface area contributed by atoms with Gasteiger partial charge in [0.15, 0.2) is 0 Å². The summed E-state index contributed by atoms with van der Waals surface area (Å²) in [6, 6.07) is 7.07. The summed E-state index contributed by atoms with van der Waals surface area (Å²) in [7, 11) is 0. The fourth-order valence-electron chi connectivity index (χ4n) is 3.00. The Morgan fingerprint density at radius 1 is 1.32 bits per heavy atom. The molecule has 0 aliphatic carbocycles. The number of ether oxygens (including phenoxy) is 1. The van der Waals surface area contributed by atoms with Gasteiger partial charge in [0.05, 0.1) is 12.2 Å². The summed E-state index contributed by atoms with van der Waals surface area (Å²) in [6.07, 6.45) is 8.23. The highest BCUT2D eigenvalue weighted by molar-refractivity contribution is 7.99. The Morgan fingerprint density at radius 3 is 2.75 bits per heavy atom. The van der Waals surface area contributed by atoms with Crippen LogP contribution in [0.2, 0.25) is 0 Å². The minimum Gasteiger partial charge on any atom is -0.390 e. The van der Waals surface area contributed by atoms with Gasteiger partial charge in [-0.05, 0) is 43.5 Å². The third kappa shape index (κ3) is 7.36. The molecular weight excluding hydrogens is 376 g/mol. The number of hydrogen-bond acceptors (Lipinski definition) is 5. The number of unbranched alkanes of at least 4 members (excludes halogenated alkanes) is 2. The summed E-state index contributed by atoms with van der Waals surface area (Å²) in [5, 5.41) is 25.9. The molecule has 0 aromatic heterocycles. The van der Waals surface area contributed by atoms with Crippen LogP contribution in [-0.2, 0) is 4.74 Å². The number of aliphatic hydroxyl groups excluding tert-OH is 2. The van der Waals surface area contributed by atoms with Gasteiger partial charge in [-0.3, -0.25) is 0 Å². The topological polar surface area (TPSA) is 90.8 Å². The maximum Gasteiger partial charge on any atom is 0.319 e. The maximum atomic E-state index is 11.9. The molecule has 1 aliphatic rings. The molecule has 1 aromatic carbocycles. The summed E-state index contributed by atoms with van der Waals surface area (Å²) in [5.74, 6) is 2.58. The summed E-state index contributed by atoms with van der Waals surface area (Å²) in [5.41, 5.74) is 0.171. The van der Waals surface area contributed by atoms with Crippen molar-refractivity contribution in [2.45, 2.75) is 74.1 Å². The highest BCUT2D eigenvalue weighted by atomic mass is 32.2. The minimum atomic E-state index is -0.920. The molecule has 0 radical (unpaired) electrons. The van der Waals surface area contributed by atoms with E-state index < -0.39 is 17.6 Å². The zero-order valence-corrected chi connectivity index (χ0v) is 17.1. The number of amides is 2. The summed E-state index contributed by atoms with van der Waals surface area (Å²) in [4.78, 5) is 12.8. The molecule has 4 N–H and O–H groups in total. The number of urea groups is 1. The molecule has 0 spiro atoms. The summed E-state index contributed by atoms with van der Waals surface area (Å²) < 4.78 is 5.94. The Balaban J connectivity index is 1.81. The number of rotatable bonds is 9. The predicted molar refractivity (Wildman–Crippen MR) is 112 cm³/mol. The van der Waals surface area contributed by atoms with Crippen LogP contribution >= 0.6 is 11.8 Å². The molecule has 0 saturated carbocycles. The largest absolute Gasteiger partial charge is 0.390 e. The number of hydrogen-bond donors (Lipinski definition) is 4. The third-order valence-electron chi connectivity index (χ3n) is 4.51. The van der Waals surface area contributed by atoms with Crippen LogP contribution in [0.5, 0.6) is 0 Å². The van der Waals surface area contributed by atoms with E-state index in [9.17, 15) is 15.0 Å². The number of anilines is 1. The molecule has 1 aliphatic heterocycles. The average Bonchev–Trinajstić information content (AvgIpc) is 2.67. The SMILES string of the molecule is C#CCCCCNC(=O)Nc1ccc(SC2OC(CCC)CC(O)C2O)cc1. The van der Waals surface area contributed by atoms with Gasteiger partial charge < -0.3 is 25.6 Å². The Morgan fingerprint density at radius 2 is 2.07 bits per heavy atom. The lowest BCUT2D eigenvalue weighted by molar-refractivity contribution is -0.137. The van der Waals surface area contributed by atoms with Gasteiger partial charge in [-0.1, -0.05) is 25.1 Å². The molecule has 1 fully saturated rings. The van der Waals surface area contributed by atoms with Crippen molar-refractivity contribution in [3.63, 3.8) is 0 Å². The number of thioether (sulfide) groups is 1. The lowest BCUT2D eigenvalue weighted by Gasteiger charge is -2.36. The average molecular weight is 407 g/mol. The van der Waals surface area contributed by atoms with Crippen LogP contribution in [0.4, 0.5) is 10.5 Å². The fraction of sp³-hybridized carbons (Fsp3) is 0.571. The Kier molecular flexibility index (Phi) is 9.65. The van der Waals surface area contributed by atoms with Crippen molar-refractivity contribution in [3.05, 3.63) is 24.3 Å². The molecule has 4 atom stereocenters. The molecule has 154 valence electrons. The van der Waals surface area contributed by atoms with Crippen molar-refractivity contribution in [1.82, 2.24) is 5.32 Å². The maximum absolute atomic E-state index is 11.9. The zero-order chi connectivity index (χ0) is 20.4. The standard InChI is InChI=1S/C21H30N2O4S/c1-3-5-6-7-13-22-21(26)23-15-9-11-17(12-10-15)28-20-19(25)18(24)14-16(27-20)8-4-2/h1,9-12,16,18-20,24-25H,4-8,13-14H2,2H3,(H2,22,23,26). The lowest BCUT2D eigenvalue weighted by Crippen LogP contribution is -2.46. The molecule has 1 heterocycles. The van der Waals surface area contributed by atoms with E-state index in [1.165, 1.54) is 11.8 Å². The monoisotopic (exact) mass is 406 g/mol. The van der Waals surface area contributed by atoms with Gasteiger partial charge in [0.1, 0.15) is 11.5 Å². The number of carbonyl (C=O) groups is 1. The molecule has 1 aromatic rings. The first-order valence-corrected chi connectivity index (χ1v) is 10.7. The van der Waals surface area contributed by atoms with Crippen LogP contribution in [0, 0.1) is 12.3 Å². The first-order valence-electron chi connectivity index (χ1n) is 9.80. The van der Waals surface area contributed by atoms with E-state index in [-0.39, 0.29) is 12.1 Å². The highest BCUT2D eigenvalue weighted by Gasteiger charge is 2.36. The Hall–Kier alpha value is -1.72. The van der Waals surface area contributed by atoms with E-state index in [4.69, 9.17) is 11.2 Å². The summed E-state index contributed by atoms with van der Waals surface area (Å²) >= 11 is 1.38. The molecule has 1 saturated heterocycles. The molecule has 7 heteroatoms. The Bertz CT molecular complexity index is 647. The molecular formula is C21H30N2O4S.